The van der Waals surface area contributed by atoms with E-state index in [9.17, 15) is 19.6 Å². The van der Waals surface area contributed by atoms with Crippen LogP contribution < -0.4 is 10.5 Å². The van der Waals surface area contributed by atoms with Crippen molar-refractivity contribution in [3.63, 3.8) is 0 Å². The Morgan fingerprint density at radius 1 is 1.33 bits per heavy atom. The predicted octanol–water partition coefficient (Wildman–Crippen LogP) is 4.22. The highest BCUT2D eigenvalue weighted by molar-refractivity contribution is 8.26. The number of amides is 1. The lowest BCUT2D eigenvalue weighted by atomic mass is 9.96. The molecular formula is C26H34N4O4S2. The molecule has 2 fully saturated rings. The van der Waals surface area contributed by atoms with Crippen LogP contribution in [0.3, 0.4) is 0 Å². The lowest BCUT2D eigenvalue weighted by Gasteiger charge is -2.36. The summed E-state index contributed by atoms with van der Waals surface area (Å²) in [6, 6.07) is 2.00. The Hall–Kier alpha value is -2.64. The Labute approximate surface area is 222 Å². The number of esters is 1. The van der Waals surface area contributed by atoms with Gasteiger partial charge in [0.15, 0.2) is 0 Å². The van der Waals surface area contributed by atoms with Gasteiger partial charge in [-0.3, -0.25) is 23.9 Å². The minimum atomic E-state index is -0.344. The Morgan fingerprint density at radius 3 is 2.64 bits per heavy atom. The maximum atomic E-state index is 13.5. The molecule has 1 aromatic heterocycles. The van der Waals surface area contributed by atoms with Gasteiger partial charge in [0.05, 0.1) is 17.4 Å². The number of hydrogen-bond acceptors (Lipinski definition) is 8. The molecular weight excluding hydrogens is 496 g/mol. The molecule has 2 aliphatic heterocycles. The molecule has 0 N–H and O–H groups in total. The first-order valence-electron chi connectivity index (χ1n) is 12.5. The van der Waals surface area contributed by atoms with E-state index in [2.05, 4.69) is 6.07 Å². The molecule has 1 unspecified atom stereocenters. The molecule has 8 nitrogen and oxygen atoms in total. The Balaban J connectivity index is 2.22. The van der Waals surface area contributed by atoms with Gasteiger partial charge in [0, 0.05) is 31.2 Å². The van der Waals surface area contributed by atoms with Gasteiger partial charge in [0.2, 0.25) is 0 Å². The van der Waals surface area contributed by atoms with Crippen LogP contribution in [0.25, 0.3) is 6.08 Å². The second kappa shape index (κ2) is 12.1. The van der Waals surface area contributed by atoms with Crippen molar-refractivity contribution in [3.8, 4) is 6.07 Å². The summed E-state index contributed by atoms with van der Waals surface area (Å²) in [7, 11) is 0. The van der Waals surface area contributed by atoms with Crippen molar-refractivity contribution in [1.29, 1.82) is 5.26 Å². The number of anilines is 1. The number of unbranched alkanes of at least 4 members (excludes halogenated alkanes) is 1. The van der Waals surface area contributed by atoms with E-state index >= 15 is 0 Å². The summed E-state index contributed by atoms with van der Waals surface area (Å²) >= 11 is 6.69. The van der Waals surface area contributed by atoms with Gasteiger partial charge in [0.1, 0.15) is 21.8 Å². The molecule has 0 aromatic carbocycles. The second-order valence-electron chi connectivity index (χ2n) is 9.34. The first kappa shape index (κ1) is 27.9. The zero-order chi connectivity index (χ0) is 26.6. The smallest absolute Gasteiger partial charge is 0.310 e. The summed E-state index contributed by atoms with van der Waals surface area (Å²) in [6.45, 7) is 11.2. The van der Waals surface area contributed by atoms with Crippen LogP contribution in [0.2, 0.25) is 0 Å². The highest BCUT2D eigenvalue weighted by Gasteiger charge is 2.35. The highest BCUT2D eigenvalue weighted by Crippen LogP contribution is 2.37. The SMILES string of the molecule is CCCCn1c(N2CCCC(C(=O)OCC)C2)c(/C=C2/SC(=S)N(C(C)C)C2=O)c(C)c(C#N)c1=O. The average Bonchev–Trinajstić information content (AvgIpc) is 3.13. The van der Waals surface area contributed by atoms with E-state index in [4.69, 9.17) is 17.0 Å². The normalized spacial score (nSPS) is 19.4. The molecule has 1 amide bonds. The van der Waals surface area contributed by atoms with Gasteiger partial charge in [0.25, 0.3) is 11.5 Å². The van der Waals surface area contributed by atoms with E-state index < -0.39 is 0 Å². The maximum absolute atomic E-state index is 13.5. The molecule has 0 aliphatic carbocycles. The van der Waals surface area contributed by atoms with Crippen LogP contribution in [0.5, 0.6) is 0 Å². The minimum absolute atomic E-state index is 0.0689. The first-order valence-corrected chi connectivity index (χ1v) is 13.7. The van der Waals surface area contributed by atoms with E-state index in [-0.39, 0.29) is 35.0 Å². The Morgan fingerprint density at radius 2 is 2.06 bits per heavy atom. The number of carbonyl (C=O) groups is 2. The van der Waals surface area contributed by atoms with E-state index in [1.54, 1.807) is 29.4 Å². The van der Waals surface area contributed by atoms with Gasteiger partial charge in [-0.1, -0.05) is 37.3 Å². The molecule has 3 heterocycles. The number of nitrogens with zero attached hydrogens (tertiary/aromatic N) is 4. The number of carbonyl (C=O) groups excluding carboxylic acids is 2. The van der Waals surface area contributed by atoms with E-state index in [1.807, 2.05) is 25.7 Å². The summed E-state index contributed by atoms with van der Waals surface area (Å²) in [5, 5.41) is 9.86. The van der Waals surface area contributed by atoms with Crippen LogP contribution in [0.15, 0.2) is 9.70 Å². The molecule has 1 aromatic rings. The summed E-state index contributed by atoms with van der Waals surface area (Å²) in [4.78, 5) is 43.3. The van der Waals surface area contributed by atoms with Gasteiger partial charge in [-0.15, -0.1) is 0 Å². The molecule has 36 heavy (non-hydrogen) atoms. The van der Waals surface area contributed by atoms with Crippen molar-refractivity contribution in [1.82, 2.24) is 9.47 Å². The fourth-order valence-corrected chi connectivity index (χ4v) is 6.19. The van der Waals surface area contributed by atoms with Gasteiger partial charge in [-0.2, -0.15) is 5.26 Å². The van der Waals surface area contributed by atoms with Crippen LogP contribution in [-0.4, -0.2) is 51.4 Å². The molecule has 2 aliphatic rings. The predicted molar refractivity (Wildman–Crippen MR) is 147 cm³/mol. The Bertz CT molecular complexity index is 1180. The topological polar surface area (TPSA) is 95.6 Å². The fraction of sp³-hybridized carbons (Fsp3) is 0.577. The number of aromatic nitrogens is 1. The standard InChI is InChI=1S/C26H34N4O4S2/c1-6-8-12-29-22(28-11-9-10-18(15-28)25(33)34-7-2)19(17(5)20(14-27)23(29)31)13-21-24(32)30(16(3)4)26(35)36-21/h13,16,18H,6-12,15H2,1-5H3/b21-13+. The monoisotopic (exact) mass is 530 g/mol. The molecule has 2 saturated heterocycles. The molecule has 194 valence electrons. The van der Waals surface area contributed by atoms with Gasteiger partial charge in [-0.05, 0) is 58.6 Å². The number of piperidine rings is 1. The van der Waals surface area contributed by atoms with Crippen LogP contribution in [0.4, 0.5) is 5.82 Å². The first-order chi connectivity index (χ1) is 17.2. The van der Waals surface area contributed by atoms with Crippen LogP contribution >= 0.6 is 24.0 Å². The molecule has 1 atom stereocenters. The van der Waals surface area contributed by atoms with Crippen LogP contribution in [0.1, 0.15) is 70.1 Å². The van der Waals surface area contributed by atoms with Crippen molar-refractivity contribution in [2.45, 2.75) is 72.9 Å². The van der Waals surface area contributed by atoms with Crippen LogP contribution in [0, 0.1) is 24.2 Å². The molecule has 0 bridgehead atoms. The number of ether oxygens (including phenoxy) is 1. The number of thiocarbonyl (C=S) groups is 1. The summed E-state index contributed by atoms with van der Waals surface area (Å²) in [5.74, 6) is -0.0854. The lowest BCUT2D eigenvalue weighted by Crippen LogP contribution is -2.43. The fourth-order valence-electron chi connectivity index (χ4n) is 4.69. The molecule has 0 spiro atoms. The van der Waals surface area contributed by atoms with Crippen molar-refractivity contribution < 1.29 is 14.3 Å². The van der Waals surface area contributed by atoms with Gasteiger partial charge in [-0.25, -0.2) is 0 Å². The van der Waals surface area contributed by atoms with E-state index in [1.165, 1.54) is 11.8 Å². The summed E-state index contributed by atoms with van der Waals surface area (Å²) < 4.78 is 7.42. The molecule has 10 heteroatoms. The quantitative estimate of drug-likeness (QED) is 0.280. The zero-order valence-electron chi connectivity index (χ0n) is 21.6. The highest BCUT2D eigenvalue weighted by atomic mass is 32.2. The summed E-state index contributed by atoms with van der Waals surface area (Å²) in [6.07, 6.45) is 4.87. The number of rotatable bonds is 8. The molecule has 0 saturated carbocycles. The van der Waals surface area contributed by atoms with Crippen molar-refractivity contribution in [3.05, 3.63) is 31.9 Å². The lowest BCUT2D eigenvalue weighted by molar-refractivity contribution is -0.148. The van der Waals surface area contributed by atoms with Gasteiger partial charge >= 0.3 is 5.97 Å². The third-order valence-corrected chi connectivity index (χ3v) is 7.87. The summed E-state index contributed by atoms with van der Waals surface area (Å²) in [5.41, 5.74) is 0.900. The van der Waals surface area contributed by atoms with Gasteiger partial charge < -0.3 is 9.64 Å². The average molecular weight is 531 g/mol. The minimum Gasteiger partial charge on any atom is -0.466 e. The number of pyridine rings is 1. The maximum Gasteiger partial charge on any atom is 0.310 e. The van der Waals surface area contributed by atoms with Crippen molar-refractivity contribution in [2.24, 2.45) is 5.92 Å². The number of hydrogen-bond donors (Lipinski definition) is 0. The third kappa shape index (κ3) is 5.52. The van der Waals surface area contributed by atoms with Crippen LogP contribution in [-0.2, 0) is 20.9 Å². The molecule has 0 radical (unpaired) electrons. The largest absolute Gasteiger partial charge is 0.466 e. The second-order valence-corrected chi connectivity index (χ2v) is 11.0. The number of nitriles is 1. The van der Waals surface area contributed by atoms with E-state index in [0.717, 1.165) is 19.3 Å². The van der Waals surface area contributed by atoms with Crippen molar-refractivity contribution >= 4 is 52.1 Å². The molecule has 3 rings (SSSR count). The zero-order valence-corrected chi connectivity index (χ0v) is 23.3. The van der Waals surface area contributed by atoms with Crippen molar-refractivity contribution in [2.75, 3.05) is 24.6 Å². The third-order valence-electron chi connectivity index (χ3n) is 6.54. The Kier molecular flexibility index (Phi) is 9.36. The number of thioether (sulfide) groups is 1. The van der Waals surface area contributed by atoms with E-state index in [0.29, 0.717) is 58.8 Å².